The van der Waals surface area contributed by atoms with Crippen LogP contribution in [-0.4, -0.2) is 6.29 Å². The zero-order valence-electron chi connectivity index (χ0n) is 9.95. The molecule has 1 aliphatic heterocycles. The third-order valence-corrected chi connectivity index (χ3v) is 3.05. The van der Waals surface area contributed by atoms with Crippen LogP contribution in [0.25, 0.3) is 0 Å². The number of halogens is 2. The van der Waals surface area contributed by atoms with E-state index in [0.717, 1.165) is 12.0 Å². The van der Waals surface area contributed by atoms with Crippen molar-refractivity contribution in [1.82, 2.24) is 0 Å². The first-order chi connectivity index (χ1) is 7.65. The van der Waals surface area contributed by atoms with Crippen LogP contribution in [0.3, 0.4) is 0 Å². The molecule has 1 aromatic rings. The average Bonchev–Trinajstić information content (AvgIpc) is 2.63. The fourth-order valence-corrected chi connectivity index (χ4v) is 2.03. The van der Waals surface area contributed by atoms with Gasteiger partial charge in [0.1, 0.15) is 6.29 Å². The molecule has 1 fully saturated rings. The molecule has 2 nitrogen and oxygen atoms in total. The summed E-state index contributed by atoms with van der Waals surface area (Å²) in [5.41, 5.74) is 0.925. The Bertz CT molecular complexity index is 374. The van der Waals surface area contributed by atoms with Gasteiger partial charge in [-0.3, -0.25) is 0 Å². The van der Waals surface area contributed by atoms with Crippen molar-refractivity contribution in [3.05, 3.63) is 40.4 Å². The van der Waals surface area contributed by atoms with Crippen LogP contribution in [0.1, 0.15) is 18.9 Å². The van der Waals surface area contributed by atoms with Crippen LogP contribution in [0, 0.1) is 12.5 Å². The molecular formula is C12H13Cl2CsO2. The first-order valence-electron chi connectivity index (χ1n) is 5.19. The summed E-state index contributed by atoms with van der Waals surface area (Å²) >= 11 is 11.8. The van der Waals surface area contributed by atoms with E-state index in [-0.39, 0.29) is 75.2 Å². The molecule has 0 spiro atoms. The van der Waals surface area contributed by atoms with Gasteiger partial charge < -0.3 is 9.47 Å². The van der Waals surface area contributed by atoms with Crippen LogP contribution >= 0.6 is 23.2 Å². The normalized spacial score (nSPS) is 23.5. The minimum Gasteiger partial charge on any atom is -0.529 e. The third kappa shape index (κ3) is 5.34. The third-order valence-electron chi connectivity index (χ3n) is 2.47. The van der Waals surface area contributed by atoms with E-state index in [0.29, 0.717) is 22.6 Å². The molecule has 1 aromatic carbocycles. The molecule has 2 atom stereocenters. The fraction of sp³-hybridized carbons (Fsp3) is 0.417. The summed E-state index contributed by atoms with van der Waals surface area (Å²) in [6.45, 7) is 4.36. The van der Waals surface area contributed by atoms with Gasteiger partial charge in [-0.25, -0.2) is 6.61 Å². The largest absolute Gasteiger partial charge is 1.00 e. The summed E-state index contributed by atoms with van der Waals surface area (Å²) in [5.74, 6) is 0.450. The van der Waals surface area contributed by atoms with Gasteiger partial charge in [0.05, 0.1) is 6.61 Å². The molecule has 1 heterocycles. The van der Waals surface area contributed by atoms with Gasteiger partial charge in [0.15, 0.2) is 0 Å². The summed E-state index contributed by atoms with van der Waals surface area (Å²) in [5, 5.41) is 1.26. The van der Waals surface area contributed by atoms with Gasteiger partial charge >= 0.3 is 68.9 Å². The van der Waals surface area contributed by atoms with Crippen molar-refractivity contribution in [3.8, 4) is 0 Å². The molecule has 1 saturated heterocycles. The first-order valence-corrected chi connectivity index (χ1v) is 5.95. The van der Waals surface area contributed by atoms with Crippen LogP contribution in [0.2, 0.25) is 10.0 Å². The standard InChI is InChI=1S/C12H13Cl2O2.Cs/c1-8-4-12(15-6-8)16-7-9-2-3-10(13)5-11(9)14;/h2-3,5-6,8,12H,4,7H2,1H3;/q-1;+1/t8-,12?;/m1./s1. The predicted molar refractivity (Wildman–Crippen MR) is 64.2 cm³/mol. The number of hydrogen-bond donors (Lipinski definition) is 0. The molecule has 0 saturated carbocycles. The van der Waals surface area contributed by atoms with Gasteiger partial charge in [-0.05, 0) is 24.1 Å². The van der Waals surface area contributed by atoms with Gasteiger partial charge in [-0.1, -0.05) is 36.2 Å². The maximum absolute atomic E-state index is 6.03. The van der Waals surface area contributed by atoms with E-state index in [9.17, 15) is 0 Å². The summed E-state index contributed by atoms with van der Waals surface area (Å²) in [6.07, 6.45) is 0.743. The van der Waals surface area contributed by atoms with E-state index in [1.165, 1.54) is 0 Å². The van der Waals surface area contributed by atoms with Crippen LogP contribution in [-0.2, 0) is 16.1 Å². The van der Waals surface area contributed by atoms with Crippen molar-refractivity contribution in [2.45, 2.75) is 26.2 Å². The van der Waals surface area contributed by atoms with Crippen molar-refractivity contribution in [2.24, 2.45) is 5.92 Å². The molecule has 0 amide bonds. The van der Waals surface area contributed by atoms with Gasteiger partial charge in [0.2, 0.25) is 0 Å². The Kier molecular flexibility index (Phi) is 8.06. The van der Waals surface area contributed by atoms with Crippen molar-refractivity contribution >= 4 is 23.2 Å². The smallest absolute Gasteiger partial charge is 0.529 e. The van der Waals surface area contributed by atoms with E-state index in [4.69, 9.17) is 32.7 Å². The average molecular weight is 393 g/mol. The molecular weight excluding hydrogens is 380 g/mol. The van der Waals surface area contributed by atoms with Crippen molar-refractivity contribution in [1.29, 1.82) is 0 Å². The maximum atomic E-state index is 6.03. The summed E-state index contributed by atoms with van der Waals surface area (Å²) in [6, 6.07) is 5.38. The Morgan fingerprint density at radius 3 is 2.82 bits per heavy atom. The second kappa shape index (κ2) is 8.15. The van der Waals surface area contributed by atoms with Crippen LogP contribution < -0.4 is 68.9 Å². The monoisotopic (exact) mass is 392 g/mol. The Morgan fingerprint density at radius 1 is 1.47 bits per heavy atom. The topological polar surface area (TPSA) is 18.5 Å². The minimum absolute atomic E-state index is 0. The number of ether oxygens (including phenoxy) is 2. The SMILES string of the molecule is C[C@H]1[CH-]OC(OCc2ccc(Cl)cc2Cl)C1.[Cs+]. The molecule has 5 heteroatoms. The molecule has 1 unspecified atom stereocenters. The maximum Gasteiger partial charge on any atom is 1.00 e. The van der Waals surface area contributed by atoms with E-state index >= 15 is 0 Å². The molecule has 1 aliphatic rings. The number of hydrogen-bond acceptors (Lipinski definition) is 2. The Balaban J connectivity index is 0.00000144. The Hall–Kier alpha value is 1.77. The second-order valence-electron chi connectivity index (χ2n) is 3.96. The van der Waals surface area contributed by atoms with Crippen LogP contribution in [0.4, 0.5) is 0 Å². The summed E-state index contributed by atoms with van der Waals surface area (Å²) < 4.78 is 10.9. The van der Waals surface area contributed by atoms with Gasteiger partial charge in [-0.15, -0.1) is 5.92 Å². The number of benzene rings is 1. The van der Waals surface area contributed by atoms with Gasteiger partial charge in [0, 0.05) is 10.0 Å². The van der Waals surface area contributed by atoms with Crippen LogP contribution in [0.5, 0.6) is 0 Å². The van der Waals surface area contributed by atoms with E-state index in [2.05, 4.69) is 6.92 Å². The summed E-state index contributed by atoms with van der Waals surface area (Å²) in [4.78, 5) is 0. The van der Waals surface area contributed by atoms with E-state index in [1.54, 1.807) is 12.1 Å². The molecule has 0 bridgehead atoms. The zero-order chi connectivity index (χ0) is 11.5. The molecule has 0 aliphatic carbocycles. The Labute approximate surface area is 171 Å². The van der Waals surface area contributed by atoms with Crippen LogP contribution in [0.15, 0.2) is 18.2 Å². The molecule has 0 radical (unpaired) electrons. The van der Waals surface area contributed by atoms with Crippen molar-refractivity contribution in [2.75, 3.05) is 0 Å². The minimum atomic E-state index is -0.151. The number of rotatable bonds is 3. The first kappa shape index (κ1) is 16.8. The quantitative estimate of drug-likeness (QED) is 0.716. The zero-order valence-corrected chi connectivity index (χ0v) is 17.7. The molecule has 88 valence electrons. The predicted octanol–water partition coefficient (Wildman–Crippen LogP) is 1.06. The van der Waals surface area contributed by atoms with E-state index < -0.39 is 0 Å². The van der Waals surface area contributed by atoms with Gasteiger partial charge in [0.25, 0.3) is 0 Å². The molecule has 17 heavy (non-hydrogen) atoms. The fourth-order valence-electron chi connectivity index (χ4n) is 1.57. The second-order valence-corrected chi connectivity index (χ2v) is 4.81. The van der Waals surface area contributed by atoms with Crippen molar-refractivity contribution < 1.29 is 78.4 Å². The van der Waals surface area contributed by atoms with Gasteiger partial charge in [-0.2, -0.15) is 0 Å². The van der Waals surface area contributed by atoms with E-state index in [1.807, 2.05) is 12.7 Å². The molecule has 2 rings (SSSR count). The molecule has 0 N–H and O–H groups in total. The molecule has 0 aromatic heterocycles. The van der Waals surface area contributed by atoms with Crippen molar-refractivity contribution in [3.63, 3.8) is 0 Å². The summed E-state index contributed by atoms with van der Waals surface area (Å²) in [7, 11) is 0. The Morgan fingerprint density at radius 2 is 2.24 bits per heavy atom.